The second-order valence-corrected chi connectivity index (χ2v) is 4.76. The van der Waals surface area contributed by atoms with Crippen molar-refractivity contribution in [2.75, 3.05) is 7.11 Å². The monoisotopic (exact) mass is 320 g/mol. The predicted molar refractivity (Wildman–Crippen MR) is 79.1 cm³/mol. The van der Waals surface area contributed by atoms with Crippen LogP contribution in [0.1, 0.15) is 0 Å². The molecule has 0 atom stereocenters. The molecule has 3 aromatic rings. The van der Waals surface area contributed by atoms with Gasteiger partial charge in [-0.05, 0) is 24.3 Å². The Bertz CT molecular complexity index is 888. The van der Waals surface area contributed by atoms with E-state index >= 15 is 0 Å². The molecule has 22 heavy (non-hydrogen) atoms. The van der Waals surface area contributed by atoms with Crippen molar-refractivity contribution in [3.8, 4) is 22.9 Å². The molecule has 0 amide bonds. The lowest BCUT2D eigenvalue weighted by Gasteiger charge is -2.05. The van der Waals surface area contributed by atoms with E-state index in [1.807, 2.05) is 0 Å². The predicted octanol–water partition coefficient (Wildman–Crippen LogP) is 3.29. The molecule has 0 radical (unpaired) electrons. The van der Waals surface area contributed by atoms with E-state index in [-0.39, 0.29) is 17.2 Å². The van der Waals surface area contributed by atoms with Crippen LogP contribution in [0.25, 0.3) is 17.1 Å². The molecule has 0 bridgehead atoms. The Morgan fingerprint density at radius 1 is 1.23 bits per heavy atom. The van der Waals surface area contributed by atoms with E-state index in [0.29, 0.717) is 10.7 Å². The Balaban J connectivity index is 2.19. The van der Waals surface area contributed by atoms with E-state index in [4.69, 9.17) is 20.8 Å². The van der Waals surface area contributed by atoms with Gasteiger partial charge in [0.05, 0.1) is 17.8 Å². The molecule has 0 N–H and O–H groups in total. The topological polar surface area (TPSA) is 57.3 Å². The Morgan fingerprint density at radius 3 is 2.73 bits per heavy atom. The van der Waals surface area contributed by atoms with Gasteiger partial charge in [-0.3, -0.25) is 0 Å². The van der Waals surface area contributed by atoms with Crippen LogP contribution in [0.5, 0.6) is 5.75 Å². The van der Waals surface area contributed by atoms with E-state index in [1.165, 1.54) is 19.2 Å². The van der Waals surface area contributed by atoms with Gasteiger partial charge in [-0.15, -0.1) is 5.10 Å². The van der Waals surface area contributed by atoms with Gasteiger partial charge in [0.2, 0.25) is 0 Å². The minimum absolute atomic E-state index is 0.0205. The molecular weight excluding hydrogens is 311 g/mol. The van der Waals surface area contributed by atoms with E-state index < -0.39 is 11.6 Å². The SMILES string of the molecule is COc1cccc(F)c1-c1nn(-c2ccccc2Cl)c(=O)o1. The molecule has 3 rings (SSSR count). The molecule has 5 nitrogen and oxygen atoms in total. The number of hydrogen-bond acceptors (Lipinski definition) is 4. The molecule has 0 saturated heterocycles. The zero-order chi connectivity index (χ0) is 15.7. The molecular formula is C15H10ClFN2O3. The molecule has 1 aromatic heterocycles. The van der Waals surface area contributed by atoms with Gasteiger partial charge in [-0.2, -0.15) is 4.68 Å². The van der Waals surface area contributed by atoms with Crippen LogP contribution in [0.3, 0.4) is 0 Å². The molecule has 0 unspecified atom stereocenters. The van der Waals surface area contributed by atoms with Crippen molar-refractivity contribution in [1.29, 1.82) is 0 Å². The van der Waals surface area contributed by atoms with Crippen LogP contribution >= 0.6 is 11.6 Å². The summed E-state index contributed by atoms with van der Waals surface area (Å²) < 4.78 is 25.1. The maximum absolute atomic E-state index is 14.0. The second-order valence-electron chi connectivity index (χ2n) is 4.35. The third-order valence-electron chi connectivity index (χ3n) is 3.04. The van der Waals surface area contributed by atoms with Crippen molar-refractivity contribution >= 4 is 11.6 Å². The van der Waals surface area contributed by atoms with Gasteiger partial charge in [0.25, 0.3) is 5.89 Å². The van der Waals surface area contributed by atoms with Crippen LogP contribution in [0.4, 0.5) is 4.39 Å². The minimum atomic E-state index is -0.770. The van der Waals surface area contributed by atoms with E-state index in [9.17, 15) is 9.18 Å². The van der Waals surface area contributed by atoms with Crippen molar-refractivity contribution < 1.29 is 13.5 Å². The molecule has 0 aliphatic rings. The summed E-state index contributed by atoms with van der Waals surface area (Å²) in [7, 11) is 1.39. The van der Waals surface area contributed by atoms with Crippen LogP contribution in [-0.2, 0) is 0 Å². The first kappa shape index (κ1) is 14.3. The largest absolute Gasteiger partial charge is 0.496 e. The first-order chi connectivity index (χ1) is 10.6. The highest BCUT2D eigenvalue weighted by Crippen LogP contribution is 2.31. The third-order valence-corrected chi connectivity index (χ3v) is 3.36. The minimum Gasteiger partial charge on any atom is -0.496 e. The number of nitrogens with zero attached hydrogens (tertiary/aromatic N) is 2. The highest BCUT2D eigenvalue weighted by Gasteiger charge is 2.20. The van der Waals surface area contributed by atoms with Gasteiger partial charge >= 0.3 is 5.76 Å². The fraction of sp³-hybridized carbons (Fsp3) is 0.0667. The average Bonchev–Trinajstić information content (AvgIpc) is 2.88. The van der Waals surface area contributed by atoms with Crippen LogP contribution in [0.2, 0.25) is 5.02 Å². The lowest BCUT2D eigenvalue weighted by atomic mass is 10.2. The van der Waals surface area contributed by atoms with Gasteiger partial charge in [0.1, 0.15) is 17.1 Å². The number of methoxy groups -OCH3 is 1. The molecule has 0 spiro atoms. The number of para-hydroxylation sites is 1. The van der Waals surface area contributed by atoms with Crippen LogP contribution in [-0.4, -0.2) is 16.9 Å². The van der Waals surface area contributed by atoms with Crippen LogP contribution in [0.15, 0.2) is 51.7 Å². The number of hydrogen-bond donors (Lipinski definition) is 0. The lowest BCUT2D eigenvalue weighted by molar-refractivity contribution is 0.410. The molecule has 1 heterocycles. The first-order valence-corrected chi connectivity index (χ1v) is 6.67. The fourth-order valence-electron chi connectivity index (χ4n) is 2.04. The summed E-state index contributed by atoms with van der Waals surface area (Å²) >= 11 is 6.04. The summed E-state index contributed by atoms with van der Waals surface area (Å²) in [6, 6.07) is 10.9. The number of aromatic nitrogens is 2. The normalized spacial score (nSPS) is 10.7. The maximum atomic E-state index is 14.0. The third kappa shape index (κ3) is 2.37. The van der Waals surface area contributed by atoms with Crippen molar-refractivity contribution in [2.45, 2.75) is 0 Å². The summed E-state index contributed by atoms with van der Waals surface area (Å²) in [4.78, 5) is 12.0. The number of rotatable bonds is 3. The van der Waals surface area contributed by atoms with E-state index in [2.05, 4.69) is 5.10 Å². The van der Waals surface area contributed by atoms with Crippen molar-refractivity contribution in [3.63, 3.8) is 0 Å². The molecule has 0 aliphatic heterocycles. The fourth-order valence-corrected chi connectivity index (χ4v) is 2.25. The van der Waals surface area contributed by atoms with Crippen molar-refractivity contribution in [3.05, 3.63) is 63.9 Å². The first-order valence-electron chi connectivity index (χ1n) is 6.29. The summed E-state index contributed by atoms with van der Waals surface area (Å²) in [6.45, 7) is 0. The zero-order valence-electron chi connectivity index (χ0n) is 11.4. The standard InChI is InChI=1S/C15H10ClFN2O3/c1-21-12-8-4-6-10(17)13(12)14-18-19(15(20)22-14)11-7-3-2-5-9(11)16/h2-8H,1H3. The summed E-state index contributed by atoms with van der Waals surface area (Å²) in [5.74, 6) is -1.34. The van der Waals surface area contributed by atoms with Gasteiger partial charge in [0, 0.05) is 0 Å². The molecule has 7 heteroatoms. The summed E-state index contributed by atoms with van der Waals surface area (Å²) in [5.41, 5.74) is 0.326. The molecule has 112 valence electrons. The number of halogens is 2. The zero-order valence-corrected chi connectivity index (χ0v) is 12.2. The summed E-state index contributed by atoms with van der Waals surface area (Å²) in [6.07, 6.45) is 0. The van der Waals surface area contributed by atoms with Crippen molar-refractivity contribution in [2.24, 2.45) is 0 Å². The molecule has 0 aliphatic carbocycles. The molecule has 2 aromatic carbocycles. The second kappa shape index (κ2) is 5.65. The number of ether oxygens (including phenoxy) is 1. The Hall–Kier alpha value is -2.60. The molecule has 0 fully saturated rings. The van der Waals surface area contributed by atoms with Gasteiger partial charge in [0.15, 0.2) is 0 Å². The average molecular weight is 321 g/mol. The highest BCUT2D eigenvalue weighted by atomic mass is 35.5. The Morgan fingerprint density at radius 2 is 2.00 bits per heavy atom. The van der Waals surface area contributed by atoms with Crippen LogP contribution < -0.4 is 10.5 Å². The van der Waals surface area contributed by atoms with Gasteiger partial charge in [-0.1, -0.05) is 29.8 Å². The van der Waals surface area contributed by atoms with Gasteiger partial charge < -0.3 is 9.15 Å². The van der Waals surface area contributed by atoms with Crippen molar-refractivity contribution in [1.82, 2.24) is 9.78 Å². The van der Waals surface area contributed by atoms with E-state index in [0.717, 1.165) is 4.68 Å². The lowest BCUT2D eigenvalue weighted by Crippen LogP contribution is -2.13. The summed E-state index contributed by atoms with van der Waals surface area (Å²) in [5, 5.41) is 4.34. The molecule has 0 saturated carbocycles. The smallest absolute Gasteiger partial charge is 0.442 e. The van der Waals surface area contributed by atoms with Gasteiger partial charge in [-0.25, -0.2) is 9.18 Å². The Kier molecular flexibility index (Phi) is 3.68. The Labute approximate surface area is 129 Å². The highest BCUT2D eigenvalue weighted by molar-refractivity contribution is 6.32. The van der Waals surface area contributed by atoms with Crippen LogP contribution in [0, 0.1) is 5.82 Å². The number of benzene rings is 2. The maximum Gasteiger partial charge on any atom is 0.442 e. The quantitative estimate of drug-likeness (QED) is 0.743. The van der Waals surface area contributed by atoms with E-state index in [1.54, 1.807) is 30.3 Å².